The van der Waals surface area contributed by atoms with Crippen LogP contribution in [0.25, 0.3) is 0 Å². The molecule has 2 heterocycles. The lowest BCUT2D eigenvalue weighted by Gasteiger charge is -2.32. The van der Waals surface area contributed by atoms with Crippen LogP contribution in [0.4, 0.5) is 5.69 Å². The van der Waals surface area contributed by atoms with Gasteiger partial charge in [-0.1, -0.05) is 48.0 Å². The first-order valence-electron chi connectivity index (χ1n) is 11.5. The number of nitrogens with one attached hydrogen (secondary N) is 2. The van der Waals surface area contributed by atoms with Crippen molar-refractivity contribution in [3.8, 4) is 0 Å². The number of amides is 3. The van der Waals surface area contributed by atoms with E-state index in [1.165, 1.54) is 23.5 Å². The maximum Gasteiger partial charge on any atom is 0.287 e. The van der Waals surface area contributed by atoms with E-state index in [-0.39, 0.29) is 24.8 Å². The molecule has 0 aliphatic rings. The Morgan fingerprint density at radius 3 is 2.22 bits per heavy atom. The lowest BCUT2D eigenvalue weighted by molar-refractivity contribution is -0.126. The van der Waals surface area contributed by atoms with Gasteiger partial charge in [0.2, 0.25) is 11.8 Å². The molecule has 0 bridgehead atoms. The Kier molecular flexibility index (Phi) is 7.65. The molecule has 2 aromatic carbocycles. The van der Waals surface area contributed by atoms with Gasteiger partial charge in [-0.15, -0.1) is 0 Å². The summed E-state index contributed by atoms with van der Waals surface area (Å²) >= 11 is 0. The molecule has 0 saturated heterocycles. The Morgan fingerprint density at radius 2 is 1.56 bits per heavy atom. The van der Waals surface area contributed by atoms with Gasteiger partial charge in [-0.3, -0.25) is 19.3 Å². The molecule has 1 atom stereocenters. The van der Waals surface area contributed by atoms with E-state index in [4.69, 9.17) is 8.83 Å². The number of hydrogen-bond acceptors (Lipinski definition) is 5. The lowest BCUT2D eigenvalue weighted by Crippen LogP contribution is -2.47. The highest BCUT2D eigenvalue weighted by atomic mass is 16.3. The molecule has 184 valence electrons. The summed E-state index contributed by atoms with van der Waals surface area (Å²) in [6.07, 6.45) is 2.91. The molecule has 8 nitrogen and oxygen atoms in total. The largest absolute Gasteiger partial charge is 0.467 e. The van der Waals surface area contributed by atoms with Gasteiger partial charge in [0.25, 0.3) is 5.91 Å². The molecule has 0 aliphatic heterocycles. The summed E-state index contributed by atoms with van der Waals surface area (Å²) in [7, 11) is 0. The molecule has 0 saturated carbocycles. The van der Waals surface area contributed by atoms with Crippen molar-refractivity contribution in [3.63, 3.8) is 0 Å². The third-order valence-electron chi connectivity index (χ3n) is 5.71. The van der Waals surface area contributed by atoms with Crippen molar-refractivity contribution in [2.24, 2.45) is 0 Å². The molecular formula is C28H27N3O5. The van der Waals surface area contributed by atoms with Crippen LogP contribution in [0.2, 0.25) is 0 Å². The van der Waals surface area contributed by atoms with Crippen molar-refractivity contribution in [2.75, 3.05) is 11.4 Å². The lowest BCUT2D eigenvalue weighted by atomic mass is 10.0. The normalized spacial score (nSPS) is 11.5. The molecule has 0 aliphatic carbocycles. The van der Waals surface area contributed by atoms with Crippen LogP contribution in [-0.2, 0) is 16.1 Å². The van der Waals surface area contributed by atoms with Crippen LogP contribution in [0.5, 0.6) is 0 Å². The zero-order chi connectivity index (χ0) is 25.5. The van der Waals surface area contributed by atoms with Gasteiger partial charge in [0.05, 0.1) is 25.6 Å². The van der Waals surface area contributed by atoms with Gasteiger partial charge in [0.1, 0.15) is 11.8 Å². The van der Waals surface area contributed by atoms with Crippen LogP contribution < -0.4 is 15.5 Å². The van der Waals surface area contributed by atoms with Crippen LogP contribution in [-0.4, -0.2) is 24.3 Å². The van der Waals surface area contributed by atoms with E-state index in [0.29, 0.717) is 17.0 Å². The molecule has 3 amide bonds. The zero-order valence-corrected chi connectivity index (χ0v) is 20.1. The van der Waals surface area contributed by atoms with Crippen molar-refractivity contribution in [2.45, 2.75) is 26.4 Å². The number of carbonyl (C=O) groups is 3. The maximum absolute atomic E-state index is 13.7. The summed E-state index contributed by atoms with van der Waals surface area (Å²) in [5.74, 6) is -0.679. The molecular weight excluding hydrogens is 458 g/mol. The molecule has 0 fully saturated rings. The molecule has 0 spiro atoms. The van der Waals surface area contributed by atoms with Gasteiger partial charge in [0, 0.05) is 5.69 Å². The molecule has 4 aromatic rings. The summed E-state index contributed by atoms with van der Waals surface area (Å²) in [5.41, 5.74) is 3.02. The SMILES string of the molecule is Cc1ccc([C@H](C(=O)NCc2ccco2)N(C(=O)CNC(=O)c2ccco2)c2ccccc2C)cc1. The number of furan rings is 2. The first kappa shape index (κ1) is 24.5. The van der Waals surface area contributed by atoms with Gasteiger partial charge in [-0.05, 0) is 55.3 Å². The van der Waals surface area contributed by atoms with Crippen molar-refractivity contribution in [1.29, 1.82) is 0 Å². The fourth-order valence-corrected chi connectivity index (χ4v) is 3.84. The summed E-state index contributed by atoms with van der Waals surface area (Å²) in [6, 6.07) is 20.3. The molecule has 0 unspecified atom stereocenters. The van der Waals surface area contributed by atoms with E-state index in [1.807, 2.05) is 50.2 Å². The second-order valence-corrected chi connectivity index (χ2v) is 8.32. The zero-order valence-electron chi connectivity index (χ0n) is 20.1. The predicted octanol–water partition coefficient (Wildman–Crippen LogP) is 4.31. The maximum atomic E-state index is 13.7. The molecule has 8 heteroatoms. The average molecular weight is 486 g/mol. The van der Waals surface area contributed by atoms with Gasteiger partial charge in [-0.2, -0.15) is 0 Å². The first-order chi connectivity index (χ1) is 17.4. The monoisotopic (exact) mass is 485 g/mol. The summed E-state index contributed by atoms with van der Waals surface area (Å²) < 4.78 is 10.5. The highest BCUT2D eigenvalue weighted by Gasteiger charge is 2.33. The van der Waals surface area contributed by atoms with Crippen LogP contribution in [0.15, 0.2) is 94.2 Å². The third kappa shape index (κ3) is 5.72. The summed E-state index contributed by atoms with van der Waals surface area (Å²) in [4.78, 5) is 41.1. The van der Waals surface area contributed by atoms with E-state index in [9.17, 15) is 14.4 Å². The minimum Gasteiger partial charge on any atom is -0.467 e. The van der Waals surface area contributed by atoms with E-state index in [0.717, 1.165) is 11.1 Å². The van der Waals surface area contributed by atoms with E-state index >= 15 is 0 Å². The number of para-hydroxylation sites is 1. The Bertz CT molecular complexity index is 1310. The number of rotatable bonds is 9. The van der Waals surface area contributed by atoms with E-state index in [2.05, 4.69) is 10.6 Å². The van der Waals surface area contributed by atoms with Crippen LogP contribution in [0, 0.1) is 13.8 Å². The second-order valence-electron chi connectivity index (χ2n) is 8.32. The Balaban J connectivity index is 1.68. The Hall–Kier alpha value is -4.59. The van der Waals surface area contributed by atoms with Crippen LogP contribution in [0.3, 0.4) is 0 Å². The summed E-state index contributed by atoms with van der Waals surface area (Å²) in [6.45, 7) is 3.65. The minimum atomic E-state index is -0.991. The van der Waals surface area contributed by atoms with Crippen molar-refractivity contribution >= 4 is 23.4 Å². The number of hydrogen-bond donors (Lipinski definition) is 2. The number of nitrogens with zero attached hydrogens (tertiary/aromatic N) is 1. The van der Waals surface area contributed by atoms with Gasteiger partial charge < -0.3 is 19.5 Å². The molecule has 4 rings (SSSR count). The van der Waals surface area contributed by atoms with Crippen molar-refractivity contribution in [1.82, 2.24) is 10.6 Å². The standard InChI is InChI=1S/C28H27N3O5/c1-19-11-13-21(14-12-19)26(28(34)29-17-22-8-5-15-35-22)31(23-9-4-3-7-20(23)2)25(32)18-30-27(33)24-10-6-16-36-24/h3-16,26H,17-18H2,1-2H3,(H,29,34)(H,30,33)/t26-/m1/s1. The van der Waals surface area contributed by atoms with Crippen molar-refractivity contribution < 1.29 is 23.2 Å². The fraction of sp³-hybridized carbons (Fsp3) is 0.179. The van der Waals surface area contributed by atoms with Gasteiger partial charge in [-0.25, -0.2) is 0 Å². The van der Waals surface area contributed by atoms with Crippen molar-refractivity contribution in [3.05, 3.63) is 114 Å². The molecule has 2 aromatic heterocycles. The third-order valence-corrected chi connectivity index (χ3v) is 5.71. The van der Waals surface area contributed by atoms with E-state index in [1.54, 1.807) is 30.3 Å². The number of benzene rings is 2. The number of aryl methyl sites for hydroxylation is 2. The molecule has 2 N–H and O–H groups in total. The predicted molar refractivity (Wildman–Crippen MR) is 134 cm³/mol. The molecule has 0 radical (unpaired) electrons. The Labute approximate surface area is 208 Å². The summed E-state index contributed by atoms with van der Waals surface area (Å²) in [5, 5.41) is 5.47. The van der Waals surface area contributed by atoms with Gasteiger partial charge >= 0.3 is 0 Å². The minimum absolute atomic E-state index is 0.0940. The van der Waals surface area contributed by atoms with Gasteiger partial charge in [0.15, 0.2) is 5.76 Å². The fourth-order valence-electron chi connectivity index (χ4n) is 3.84. The smallest absolute Gasteiger partial charge is 0.287 e. The van der Waals surface area contributed by atoms with E-state index < -0.39 is 17.9 Å². The highest BCUT2D eigenvalue weighted by molar-refractivity contribution is 6.04. The Morgan fingerprint density at radius 1 is 0.833 bits per heavy atom. The first-order valence-corrected chi connectivity index (χ1v) is 11.5. The second kappa shape index (κ2) is 11.2. The highest BCUT2D eigenvalue weighted by Crippen LogP contribution is 2.31. The molecule has 36 heavy (non-hydrogen) atoms. The van der Waals surface area contributed by atoms with Crippen LogP contribution in [0.1, 0.15) is 39.0 Å². The van der Waals surface area contributed by atoms with Crippen LogP contribution >= 0.6 is 0 Å². The number of anilines is 1. The quantitative estimate of drug-likeness (QED) is 0.368. The average Bonchev–Trinajstić information content (AvgIpc) is 3.60. The topological polar surface area (TPSA) is 105 Å². The number of carbonyl (C=O) groups excluding carboxylic acids is 3.